The van der Waals surface area contributed by atoms with Crippen LogP contribution in [-0.4, -0.2) is 28.0 Å². The summed E-state index contributed by atoms with van der Waals surface area (Å²) in [7, 11) is 0. The van der Waals surface area contributed by atoms with Gasteiger partial charge >= 0.3 is 0 Å². The van der Waals surface area contributed by atoms with Crippen LogP contribution in [0, 0.1) is 6.92 Å². The van der Waals surface area contributed by atoms with Crippen LogP contribution in [0.25, 0.3) is 16.9 Å². The van der Waals surface area contributed by atoms with E-state index in [2.05, 4.69) is 10.4 Å². The number of rotatable bonds is 5. The molecule has 1 aromatic heterocycles. The van der Waals surface area contributed by atoms with Gasteiger partial charge in [0, 0.05) is 27.7 Å². The van der Waals surface area contributed by atoms with Crippen LogP contribution in [0.5, 0.6) is 0 Å². The van der Waals surface area contributed by atoms with Crippen LogP contribution < -0.4 is 5.32 Å². The van der Waals surface area contributed by atoms with Crippen molar-refractivity contribution >= 4 is 46.5 Å². The molecule has 28 heavy (non-hydrogen) atoms. The third kappa shape index (κ3) is 3.92. The van der Waals surface area contributed by atoms with Crippen LogP contribution in [-0.2, 0) is 4.79 Å². The number of Topliss-reactive ketones (excluding diaryl/α,β-unsaturated/α-hetero) is 1. The van der Waals surface area contributed by atoms with Crippen molar-refractivity contribution < 1.29 is 9.59 Å². The number of carbonyl (C=O) groups is 2. The van der Waals surface area contributed by atoms with E-state index in [1.54, 1.807) is 48.9 Å². The van der Waals surface area contributed by atoms with E-state index in [0.717, 1.165) is 5.56 Å². The Labute approximate surface area is 177 Å². The largest absolute Gasteiger partial charge is 0.349 e. The Morgan fingerprint density at radius 3 is 2.29 bits per heavy atom. The molecule has 3 aromatic rings. The van der Waals surface area contributed by atoms with Gasteiger partial charge in [0.2, 0.25) is 0 Å². The molecule has 0 saturated heterocycles. The van der Waals surface area contributed by atoms with Crippen LogP contribution in [0.1, 0.15) is 23.0 Å². The summed E-state index contributed by atoms with van der Waals surface area (Å²) in [6, 6.07) is 12.1. The van der Waals surface area contributed by atoms with Gasteiger partial charge in [0.15, 0.2) is 0 Å². The number of benzene rings is 2. The maximum Gasteiger partial charge on any atom is 0.294 e. The lowest BCUT2D eigenvalue weighted by Crippen LogP contribution is -2.31. The number of likely N-dealkylation sites (N-methyl/N-ethyl adjacent to an activating group) is 1. The van der Waals surface area contributed by atoms with Gasteiger partial charge in [-0.3, -0.25) is 9.59 Å². The summed E-state index contributed by atoms with van der Waals surface area (Å²) in [4.78, 5) is 24.7. The minimum absolute atomic E-state index is 0.0573. The zero-order valence-corrected chi connectivity index (χ0v) is 17.4. The molecule has 0 saturated carbocycles. The second-order valence-electron chi connectivity index (χ2n) is 6.03. The molecule has 0 aliphatic heterocycles. The number of carbonyl (C=O) groups excluding carboxylic acids is 2. The highest BCUT2D eigenvalue weighted by molar-refractivity contribution is 6.42. The average molecular weight is 437 g/mol. The number of hydrogen-bond acceptors (Lipinski definition) is 3. The molecular formula is C20H16Cl3N3O2. The van der Waals surface area contributed by atoms with Gasteiger partial charge in [-0.2, -0.15) is 5.10 Å². The first-order valence-electron chi connectivity index (χ1n) is 8.47. The number of nitrogens with one attached hydrogen (secondary N) is 1. The number of halogens is 3. The molecule has 0 spiro atoms. The number of hydrogen-bond donors (Lipinski definition) is 1. The third-order valence-electron chi connectivity index (χ3n) is 4.14. The van der Waals surface area contributed by atoms with Gasteiger partial charge in [0.25, 0.3) is 11.7 Å². The minimum atomic E-state index is -0.710. The van der Waals surface area contributed by atoms with Crippen LogP contribution in [0.2, 0.25) is 15.1 Å². The molecule has 0 aliphatic rings. The van der Waals surface area contributed by atoms with E-state index in [4.69, 9.17) is 34.8 Å². The van der Waals surface area contributed by atoms with E-state index in [9.17, 15) is 9.59 Å². The predicted octanol–water partition coefficient (Wildman–Crippen LogP) is 5.13. The number of amides is 1. The van der Waals surface area contributed by atoms with E-state index in [-0.39, 0.29) is 5.69 Å². The molecule has 3 rings (SSSR count). The molecule has 0 bridgehead atoms. The Kier molecular flexibility index (Phi) is 6.08. The molecule has 2 aromatic carbocycles. The Hall–Kier alpha value is -2.34. The van der Waals surface area contributed by atoms with Gasteiger partial charge in [0.05, 0.1) is 16.4 Å². The average Bonchev–Trinajstić information content (AvgIpc) is 2.99. The van der Waals surface area contributed by atoms with Crippen molar-refractivity contribution in [3.63, 3.8) is 0 Å². The van der Waals surface area contributed by atoms with Crippen LogP contribution >= 0.6 is 34.8 Å². The standard InChI is InChI=1S/C20H16Cl3N3O2/c1-3-24-20(28)19(27)17-11(2)18(12-4-6-13(21)7-5-12)26(25-17)16-9-8-14(22)10-15(16)23/h4-10H,3H2,1-2H3,(H,24,28). The molecule has 1 amide bonds. The zero-order valence-electron chi connectivity index (χ0n) is 15.1. The van der Waals surface area contributed by atoms with E-state index >= 15 is 0 Å². The molecular weight excluding hydrogens is 421 g/mol. The highest BCUT2D eigenvalue weighted by Crippen LogP contribution is 2.33. The Balaban J connectivity index is 2.24. The molecule has 144 valence electrons. The van der Waals surface area contributed by atoms with Crippen molar-refractivity contribution in [1.29, 1.82) is 0 Å². The van der Waals surface area contributed by atoms with Crippen LogP contribution in [0.4, 0.5) is 0 Å². The molecule has 0 fully saturated rings. The quantitative estimate of drug-likeness (QED) is 0.445. The summed E-state index contributed by atoms with van der Waals surface area (Å²) in [5.41, 5.74) is 2.56. The molecule has 0 atom stereocenters. The summed E-state index contributed by atoms with van der Waals surface area (Å²) >= 11 is 18.4. The van der Waals surface area contributed by atoms with Gasteiger partial charge in [0.1, 0.15) is 5.69 Å². The normalized spacial score (nSPS) is 10.8. The molecule has 0 unspecified atom stereocenters. The number of ketones is 1. The molecule has 8 heteroatoms. The van der Waals surface area contributed by atoms with Crippen LogP contribution in [0.15, 0.2) is 42.5 Å². The summed E-state index contributed by atoms with van der Waals surface area (Å²) in [5, 5.41) is 8.34. The van der Waals surface area contributed by atoms with Gasteiger partial charge in [-0.05, 0) is 44.2 Å². The highest BCUT2D eigenvalue weighted by Gasteiger charge is 2.26. The fourth-order valence-corrected chi connectivity index (χ4v) is 3.45. The van der Waals surface area contributed by atoms with Gasteiger partial charge in [-0.1, -0.05) is 46.9 Å². The molecule has 5 nitrogen and oxygen atoms in total. The Bertz CT molecular complexity index is 1060. The first-order valence-corrected chi connectivity index (χ1v) is 9.60. The Morgan fingerprint density at radius 2 is 1.68 bits per heavy atom. The van der Waals surface area contributed by atoms with Crippen molar-refractivity contribution in [3.05, 3.63) is 68.8 Å². The summed E-state index contributed by atoms with van der Waals surface area (Å²) in [6.45, 7) is 3.82. The van der Waals surface area contributed by atoms with Crippen molar-refractivity contribution in [2.45, 2.75) is 13.8 Å². The summed E-state index contributed by atoms with van der Waals surface area (Å²) in [5.74, 6) is -1.42. The fourth-order valence-electron chi connectivity index (χ4n) is 2.83. The molecule has 0 aliphatic carbocycles. The summed E-state index contributed by atoms with van der Waals surface area (Å²) < 4.78 is 1.55. The van der Waals surface area contributed by atoms with Gasteiger partial charge < -0.3 is 5.32 Å². The van der Waals surface area contributed by atoms with E-state index in [1.807, 2.05) is 12.1 Å². The fraction of sp³-hybridized carbons (Fsp3) is 0.150. The number of nitrogens with zero attached hydrogens (tertiary/aromatic N) is 2. The summed E-state index contributed by atoms with van der Waals surface area (Å²) in [6.07, 6.45) is 0. The second-order valence-corrected chi connectivity index (χ2v) is 7.31. The molecule has 0 radical (unpaired) electrons. The maximum absolute atomic E-state index is 12.6. The monoisotopic (exact) mass is 435 g/mol. The van der Waals surface area contributed by atoms with Crippen molar-refractivity contribution in [2.75, 3.05) is 6.54 Å². The minimum Gasteiger partial charge on any atom is -0.349 e. The highest BCUT2D eigenvalue weighted by atomic mass is 35.5. The first kappa shape index (κ1) is 20.4. The Morgan fingerprint density at radius 1 is 1.04 bits per heavy atom. The van der Waals surface area contributed by atoms with Crippen molar-refractivity contribution in [3.8, 4) is 16.9 Å². The molecule has 1 N–H and O–H groups in total. The second kappa shape index (κ2) is 8.35. The topological polar surface area (TPSA) is 64.0 Å². The predicted molar refractivity (Wildman–Crippen MR) is 112 cm³/mol. The first-order chi connectivity index (χ1) is 13.3. The lowest BCUT2D eigenvalue weighted by molar-refractivity contribution is -0.116. The SMILES string of the molecule is CCNC(=O)C(=O)c1nn(-c2ccc(Cl)cc2Cl)c(-c2ccc(Cl)cc2)c1C. The molecule has 1 heterocycles. The van der Waals surface area contributed by atoms with Gasteiger partial charge in [-0.15, -0.1) is 0 Å². The lowest BCUT2D eigenvalue weighted by atomic mass is 10.0. The smallest absolute Gasteiger partial charge is 0.294 e. The van der Waals surface area contributed by atoms with E-state index < -0.39 is 11.7 Å². The van der Waals surface area contributed by atoms with E-state index in [0.29, 0.717) is 38.6 Å². The van der Waals surface area contributed by atoms with Gasteiger partial charge in [-0.25, -0.2) is 4.68 Å². The van der Waals surface area contributed by atoms with Crippen molar-refractivity contribution in [1.82, 2.24) is 15.1 Å². The third-order valence-corrected chi connectivity index (χ3v) is 4.93. The lowest BCUT2D eigenvalue weighted by Gasteiger charge is -2.11. The zero-order chi connectivity index (χ0) is 20.4. The number of aromatic nitrogens is 2. The maximum atomic E-state index is 12.6. The van der Waals surface area contributed by atoms with E-state index in [1.165, 1.54) is 0 Å². The van der Waals surface area contributed by atoms with Crippen LogP contribution in [0.3, 0.4) is 0 Å². The van der Waals surface area contributed by atoms with Crippen molar-refractivity contribution in [2.24, 2.45) is 0 Å².